The van der Waals surface area contributed by atoms with Crippen LogP contribution in [-0.4, -0.2) is 20.8 Å². The minimum absolute atomic E-state index is 0.0613. The van der Waals surface area contributed by atoms with E-state index < -0.39 is 0 Å². The number of rotatable bonds is 5. The Kier molecular flexibility index (Phi) is 6.25. The number of aromatic hydroxyl groups is 1. The fourth-order valence-corrected chi connectivity index (χ4v) is 4.83. The second kappa shape index (κ2) is 9.99. The predicted molar refractivity (Wildman–Crippen MR) is 152 cm³/mol. The smallest absolute Gasteiger partial charge is 0.247 e. The highest BCUT2D eigenvalue weighted by molar-refractivity contribution is 9.10. The zero-order valence-corrected chi connectivity index (χ0v) is 21.5. The third-order valence-corrected chi connectivity index (χ3v) is 6.97. The molecule has 4 aromatic carbocycles. The molecule has 5 aromatic rings. The lowest BCUT2D eigenvalue weighted by molar-refractivity contribution is 0.477. The van der Waals surface area contributed by atoms with Gasteiger partial charge in [0.2, 0.25) is 5.95 Å². The van der Waals surface area contributed by atoms with Crippen LogP contribution in [0.3, 0.4) is 0 Å². The molecule has 2 heterocycles. The van der Waals surface area contributed by atoms with E-state index in [4.69, 9.17) is 15.1 Å². The molecule has 37 heavy (non-hydrogen) atoms. The van der Waals surface area contributed by atoms with Crippen LogP contribution < -0.4 is 5.01 Å². The highest BCUT2D eigenvalue weighted by Crippen LogP contribution is 2.38. The Morgan fingerprint density at radius 2 is 1.35 bits per heavy atom. The fourth-order valence-electron chi connectivity index (χ4n) is 4.57. The summed E-state index contributed by atoms with van der Waals surface area (Å²) in [6.45, 7) is 0. The first kappa shape index (κ1) is 23.1. The molecule has 6 heteroatoms. The topological polar surface area (TPSA) is 61.6 Å². The van der Waals surface area contributed by atoms with Crippen LogP contribution in [0.2, 0.25) is 0 Å². The SMILES string of the molecule is Oc1ccccc1-c1cc(-c2ccc(Br)cc2)nc(N2N=C(c3ccccc3)CC2c2ccccc2)n1. The zero-order chi connectivity index (χ0) is 25.2. The molecule has 5 nitrogen and oxygen atoms in total. The zero-order valence-electron chi connectivity index (χ0n) is 19.9. The van der Waals surface area contributed by atoms with Crippen molar-refractivity contribution in [3.05, 3.63) is 131 Å². The molecule has 6 rings (SSSR count). The number of para-hydroxylation sites is 1. The van der Waals surface area contributed by atoms with E-state index in [2.05, 4.69) is 40.2 Å². The second-order valence-corrected chi connectivity index (χ2v) is 9.77. The van der Waals surface area contributed by atoms with E-state index in [0.717, 1.165) is 39.0 Å². The van der Waals surface area contributed by atoms with Gasteiger partial charge in [-0.05, 0) is 41.5 Å². The molecule has 1 atom stereocenters. The maximum absolute atomic E-state index is 10.6. The Labute approximate surface area is 223 Å². The molecule has 0 fully saturated rings. The summed E-state index contributed by atoms with van der Waals surface area (Å²) < 4.78 is 0.993. The first-order valence-corrected chi connectivity index (χ1v) is 12.9. The van der Waals surface area contributed by atoms with E-state index in [-0.39, 0.29) is 11.8 Å². The predicted octanol–water partition coefficient (Wildman–Crippen LogP) is 7.63. The van der Waals surface area contributed by atoms with E-state index in [1.165, 1.54) is 0 Å². The first-order chi connectivity index (χ1) is 18.2. The monoisotopic (exact) mass is 546 g/mol. The van der Waals surface area contributed by atoms with E-state index in [0.29, 0.717) is 17.2 Å². The Hall–Kier alpha value is -4.29. The molecular weight excluding hydrogens is 524 g/mol. The molecule has 1 aliphatic heterocycles. The van der Waals surface area contributed by atoms with Crippen molar-refractivity contribution in [2.75, 3.05) is 5.01 Å². The number of benzene rings is 4. The third kappa shape index (κ3) is 4.76. The summed E-state index contributed by atoms with van der Waals surface area (Å²) in [5.41, 5.74) is 6.19. The van der Waals surface area contributed by atoms with E-state index in [1.807, 2.05) is 83.9 Å². The number of hydrogen-bond donors (Lipinski definition) is 1. The number of halogens is 1. The quantitative estimate of drug-likeness (QED) is 0.246. The molecule has 0 radical (unpaired) electrons. The van der Waals surface area contributed by atoms with Gasteiger partial charge in [0.1, 0.15) is 5.75 Å². The second-order valence-electron chi connectivity index (χ2n) is 8.85. The summed E-state index contributed by atoms with van der Waals surface area (Å²) in [5, 5.41) is 17.6. The molecule has 0 amide bonds. The van der Waals surface area contributed by atoms with Crippen LogP contribution >= 0.6 is 15.9 Å². The molecule has 1 aromatic heterocycles. The normalized spacial score (nSPS) is 15.0. The van der Waals surface area contributed by atoms with Crippen molar-refractivity contribution >= 4 is 27.6 Å². The summed E-state index contributed by atoms with van der Waals surface area (Å²) >= 11 is 3.52. The minimum atomic E-state index is -0.0613. The average Bonchev–Trinajstić information content (AvgIpc) is 3.40. The van der Waals surface area contributed by atoms with Gasteiger partial charge in [0.15, 0.2) is 0 Å². The summed E-state index contributed by atoms with van der Waals surface area (Å²) in [4.78, 5) is 9.92. The largest absolute Gasteiger partial charge is 0.507 e. The van der Waals surface area contributed by atoms with Crippen LogP contribution in [0, 0.1) is 0 Å². The van der Waals surface area contributed by atoms with Gasteiger partial charge in [0, 0.05) is 22.0 Å². The molecular formula is C31H23BrN4O. The maximum Gasteiger partial charge on any atom is 0.247 e. The molecule has 0 saturated carbocycles. The van der Waals surface area contributed by atoms with E-state index in [1.54, 1.807) is 12.1 Å². The van der Waals surface area contributed by atoms with Crippen molar-refractivity contribution < 1.29 is 5.11 Å². The van der Waals surface area contributed by atoms with Gasteiger partial charge in [-0.1, -0.05) is 101 Å². The van der Waals surface area contributed by atoms with Crippen molar-refractivity contribution in [3.63, 3.8) is 0 Å². The van der Waals surface area contributed by atoms with Gasteiger partial charge < -0.3 is 5.11 Å². The molecule has 1 unspecified atom stereocenters. The van der Waals surface area contributed by atoms with Crippen molar-refractivity contribution in [1.82, 2.24) is 9.97 Å². The average molecular weight is 547 g/mol. The summed E-state index contributed by atoms with van der Waals surface area (Å²) in [5.74, 6) is 0.655. The number of hydrazone groups is 1. The van der Waals surface area contributed by atoms with Crippen LogP contribution in [0.25, 0.3) is 22.5 Å². The number of aromatic nitrogens is 2. The highest BCUT2D eigenvalue weighted by Gasteiger charge is 2.32. The third-order valence-electron chi connectivity index (χ3n) is 6.44. The number of phenols is 1. The van der Waals surface area contributed by atoms with Crippen LogP contribution in [-0.2, 0) is 0 Å². The molecule has 0 saturated heterocycles. The van der Waals surface area contributed by atoms with Gasteiger partial charge in [-0.2, -0.15) is 5.10 Å². The molecule has 0 bridgehead atoms. The van der Waals surface area contributed by atoms with Crippen molar-refractivity contribution in [2.45, 2.75) is 12.5 Å². The van der Waals surface area contributed by atoms with E-state index in [9.17, 15) is 5.11 Å². The number of hydrogen-bond acceptors (Lipinski definition) is 5. The number of nitrogens with zero attached hydrogens (tertiary/aromatic N) is 4. The van der Waals surface area contributed by atoms with Gasteiger partial charge in [-0.15, -0.1) is 0 Å². The van der Waals surface area contributed by atoms with E-state index >= 15 is 0 Å². The Balaban J connectivity index is 1.53. The van der Waals surface area contributed by atoms with Crippen molar-refractivity contribution in [1.29, 1.82) is 0 Å². The molecule has 0 spiro atoms. The Bertz CT molecular complexity index is 1570. The van der Waals surface area contributed by atoms with Gasteiger partial charge in [-0.25, -0.2) is 15.0 Å². The van der Waals surface area contributed by atoms with Crippen LogP contribution in [0.4, 0.5) is 5.95 Å². The Morgan fingerprint density at radius 3 is 2.08 bits per heavy atom. The standard InChI is InChI=1S/C31H23BrN4O/c32-24-17-15-22(16-18-24)26-19-28(25-13-7-8-14-30(25)37)34-31(33-26)36-29(23-11-5-2-6-12-23)20-27(35-36)21-9-3-1-4-10-21/h1-19,29,37H,20H2. The lowest BCUT2D eigenvalue weighted by atomic mass is 9.98. The van der Waals surface area contributed by atoms with Crippen molar-refractivity contribution in [2.24, 2.45) is 5.10 Å². The molecule has 180 valence electrons. The minimum Gasteiger partial charge on any atom is -0.507 e. The van der Waals surface area contributed by atoms with Crippen LogP contribution in [0.5, 0.6) is 5.75 Å². The lowest BCUT2D eigenvalue weighted by Gasteiger charge is -2.23. The highest BCUT2D eigenvalue weighted by atomic mass is 79.9. The van der Waals surface area contributed by atoms with Crippen LogP contribution in [0.15, 0.2) is 125 Å². The van der Waals surface area contributed by atoms with Crippen LogP contribution in [0.1, 0.15) is 23.6 Å². The maximum atomic E-state index is 10.6. The molecule has 1 N–H and O–H groups in total. The van der Waals surface area contributed by atoms with Crippen molar-refractivity contribution in [3.8, 4) is 28.3 Å². The van der Waals surface area contributed by atoms with Gasteiger partial charge >= 0.3 is 0 Å². The van der Waals surface area contributed by atoms with Gasteiger partial charge in [0.05, 0.1) is 23.1 Å². The van der Waals surface area contributed by atoms with Gasteiger partial charge in [0.25, 0.3) is 0 Å². The number of anilines is 1. The molecule has 0 aliphatic carbocycles. The molecule has 1 aliphatic rings. The fraction of sp³-hybridized carbons (Fsp3) is 0.0645. The number of phenolic OH excluding ortho intramolecular Hbond substituents is 1. The summed E-state index contributed by atoms with van der Waals surface area (Å²) in [7, 11) is 0. The summed E-state index contributed by atoms with van der Waals surface area (Å²) in [6, 6.07) is 37.7. The van der Waals surface area contributed by atoms with Gasteiger partial charge in [-0.3, -0.25) is 0 Å². The lowest BCUT2D eigenvalue weighted by Crippen LogP contribution is -2.21. The Morgan fingerprint density at radius 1 is 0.703 bits per heavy atom. The summed E-state index contributed by atoms with van der Waals surface area (Å²) in [6.07, 6.45) is 0.728. The first-order valence-electron chi connectivity index (χ1n) is 12.1.